The lowest BCUT2D eigenvalue weighted by Crippen LogP contribution is -2.12. The van der Waals surface area contributed by atoms with Crippen molar-refractivity contribution in [2.45, 2.75) is 12.3 Å². The van der Waals surface area contributed by atoms with E-state index in [1.807, 2.05) is 30.3 Å². The molecule has 0 fully saturated rings. The van der Waals surface area contributed by atoms with Gasteiger partial charge in [-0.05, 0) is 5.56 Å². The Hall–Kier alpha value is -2.10. The summed E-state index contributed by atoms with van der Waals surface area (Å²) in [5.41, 5.74) is 0.825. The number of carbonyl (C=O) groups is 2. The highest BCUT2D eigenvalue weighted by Gasteiger charge is 2.17. The van der Waals surface area contributed by atoms with Gasteiger partial charge in [-0.3, -0.25) is 9.59 Å². The number of benzene rings is 1. The summed E-state index contributed by atoms with van der Waals surface area (Å²) in [6, 6.07) is 9.24. The molecular weight excluding hydrogens is 232 g/mol. The molecule has 0 aliphatic rings. The largest absolute Gasteiger partial charge is 0.469 e. The molecule has 0 bridgehead atoms. The van der Waals surface area contributed by atoms with Crippen molar-refractivity contribution in [1.29, 1.82) is 0 Å². The van der Waals surface area contributed by atoms with Crippen LogP contribution in [0.25, 0.3) is 0 Å². The molecule has 96 valence electrons. The third-order valence-corrected chi connectivity index (χ3v) is 2.45. The van der Waals surface area contributed by atoms with E-state index in [1.165, 1.54) is 14.2 Å². The Labute approximate surface area is 106 Å². The molecule has 0 saturated carbocycles. The van der Waals surface area contributed by atoms with Crippen LogP contribution in [0.3, 0.4) is 0 Å². The van der Waals surface area contributed by atoms with Gasteiger partial charge in [-0.1, -0.05) is 42.5 Å². The Kier molecular flexibility index (Phi) is 5.64. The summed E-state index contributed by atoms with van der Waals surface area (Å²) in [6.07, 6.45) is 3.40. The highest BCUT2D eigenvalue weighted by atomic mass is 16.5. The van der Waals surface area contributed by atoms with Gasteiger partial charge in [0, 0.05) is 0 Å². The van der Waals surface area contributed by atoms with Gasteiger partial charge < -0.3 is 9.47 Å². The van der Waals surface area contributed by atoms with Crippen LogP contribution in [0.5, 0.6) is 0 Å². The highest BCUT2D eigenvalue weighted by Crippen LogP contribution is 2.18. The molecular formula is C14H16O4. The number of methoxy groups -OCH3 is 2. The van der Waals surface area contributed by atoms with E-state index in [1.54, 1.807) is 12.2 Å². The van der Waals surface area contributed by atoms with Crippen molar-refractivity contribution in [3.63, 3.8) is 0 Å². The first-order valence-corrected chi connectivity index (χ1v) is 5.55. The SMILES string of the molecule is COC(=O)C/C=C\C(C(=O)OC)c1ccccc1. The summed E-state index contributed by atoms with van der Waals surface area (Å²) in [7, 11) is 2.66. The van der Waals surface area contributed by atoms with Gasteiger partial charge in [-0.15, -0.1) is 0 Å². The van der Waals surface area contributed by atoms with E-state index >= 15 is 0 Å². The Bertz CT molecular complexity index is 423. The molecule has 4 heteroatoms. The predicted octanol–water partition coefficient (Wildman–Crippen LogP) is 2.06. The van der Waals surface area contributed by atoms with Crippen LogP contribution in [0.4, 0.5) is 0 Å². The van der Waals surface area contributed by atoms with Gasteiger partial charge in [-0.2, -0.15) is 0 Å². The second-order valence-corrected chi connectivity index (χ2v) is 3.62. The van der Waals surface area contributed by atoms with Gasteiger partial charge in [0.25, 0.3) is 0 Å². The van der Waals surface area contributed by atoms with Gasteiger partial charge in [0.2, 0.25) is 0 Å². The number of ether oxygens (including phenoxy) is 2. The van der Waals surface area contributed by atoms with E-state index in [2.05, 4.69) is 4.74 Å². The fourth-order valence-corrected chi connectivity index (χ4v) is 1.50. The Balaban J connectivity index is 2.80. The number of esters is 2. The fourth-order valence-electron chi connectivity index (χ4n) is 1.50. The maximum atomic E-state index is 11.7. The first kappa shape index (κ1) is 14.0. The zero-order valence-electron chi connectivity index (χ0n) is 10.5. The van der Waals surface area contributed by atoms with Crippen molar-refractivity contribution in [2.75, 3.05) is 14.2 Å². The number of rotatable bonds is 5. The molecule has 0 saturated heterocycles. The van der Waals surface area contributed by atoms with Crippen molar-refractivity contribution in [1.82, 2.24) is 0 Å². The minimum absolute atomic E-state index is 0.136. The molecule has 1 atom stereocenters. The van der Waals surface area contributed by atoms with E-state index in [9.17, 15) is 9.59 Å². The summed E-state index contributed by atoms with van der Waals surface area (Å²) in [4.78, 5) is 22.6. The number of hydrogen-bond donors (Lipinski definition) is 0. The summed E-state index contributed by atoms with van der Waals surface area (Å²) in [6.45, 7) is 0. The number of carbonyl (C=O) groups excluding carboxylic acids is 2. The molecule has 0 spiro atoms. The third-order valence-electron chi connectivity index (χ3n) is 2.45. The van der Waals surface area contributed by atoms with Crippen molar-refractivity contribution in [3.8, 4) is 0 Å². The van der Waals surface area contributed by atoms with Crippen LogP contribution in [-0.4, -0.2) is 26.2 Å². The molecule has 0 amide bonds. The predicted molar refractivity (Wildman–Crippen MR) is 67.0 cm³/mol. The van der Waals surface area contributed by atoms with Crippen molar-refractivity contribution < 1.29 is 19.1 Å². The molecule has 0 radical (unpaired) electrons. The minimum Gasteiger partial charge on any atom is -0.469 e. The summed E-state index contributed by atoms with van der Waals surface area (Å²) < 4.78 is 9.26. The van der Waals surface area contributed by atoms with E-state index in [0.717, 1.165) is 5.56 Å². The topological polar surface area (TPSA) is 52.6 Å². The van der Waals surface area contributed by atoms with Crippen LogP contribution < -0.4 is 0 Å². The molecule has 0 heterocycles. The second-order valence-electron chi connectivity index (χ2n) is 3.62. The quantitative estimate of drug-likeness (QED) is 0.591. The lowest BCUT2D eigenvalue weighted by molar-refractivity contribution is -0.141. The zero-order chi connectivity index (χ0) is 13.4. The standard InChI is InChI=1S/C14H16O4/c1-17-13(15)10-6-9-12(14(16)18-2)11-7-4-3-5-8-11/h3-9,12H,10H2,1-2H3/b9-6-. The van der Waals surface area contributed by atoms with Crippen LogP contribution in [0.1, 0.15) is 17.9 Å². The maximum Gasteiger partial charge on any atom is 0.317 e. The van der Waals surface area contributed by atoms with E-state index in [4.69, 9.17) is 4.74 Å². The molecule has 1 aromatic rings. The highest BCUT2D eigenvalue weighted by molar-refractivity contribution is 5.80. The van der Waals surface area contributed by atoms with Gasteiger partial charge >= 0.3 is 11.9 Å². The van der Waals surface area contributed by atoms with Crippen LogP contribution in [0.15, 0.2) is 42.5 Å². The van der Waals surface area contributed by atoms with Gasteiger partial charge in [0.05, 0.1) is 26.6 Å². The van der Waals surface area contributed by atoms with E-state index in [0.29, 0.717) is 0 Å². The average Bonchev–Trinajstić information content (AvgIpc) is 2.43. The number of hydrogen-bond acceptors (Lipinski definition) is 4. The Morgan fingerprint density at radius 2 is 1.83 bits per heavy atom. The van der Waals surface area contributed by atoms with E-state index < -0.39 is 5.92 Å². The molecule has 4 nitrogen and oxygen atoms in total. The normalized spacial score (nSPS) is 12.1. The van der Waals surface area contributed by atoms with Crippen molar-refractivity contribution in [3.05, 3.63) is 48.0 Å². The monoisotopic (exact) mass is 248 g/mol. The Morgan fingerprint density at radius 1 is 1.17 bits per heavy atom. The lowest BCUT2D eigenvalue weighted by Gasteiger charge is -2.10. The summed E-state index contributed by atoms with van der Waals surface area (Å²) in [5.74, 6) is -1.20. The Morgan fingerprint density at radius 3 is 2.39 bits per heavy atom. The maximum absolute atomic E-state index is 11.7. The molecule has 0 aliphatic heterocycles. The second kappa shape index (κ2) is 7.27. The van der Waals surface area contributed by atoms with Gasteiger partial charge in [0.15, 0.2) is 0 Å². The van der Waals surface area contributed by atoms with E-state index in [-0.39, 0.29) is 18.4 Å². The molecule has 1 aromatic carbocycles. The third kappa shape index (κ3) is 4.05. The first-order chi connectivity index (χ1) is 8.69. The molecule has 0 N–H and O–H groups in total. The first-order valence-electron chi connectivity index (χ1n) is 5.55. The zero-order valence-corrected chi connectivity index (χ0v) is 10.5. The van der Waals surface area contributed by atoms with Crippen LogP contribution >= 0.6 is 0 Å². The van der Waals surface area contributed by atoms with Crippen LogP contribution in [0.2, 0.25) is 0 Å². The van der Waals surface area contributed by atoms with Gasteiger partial charge in [0.1, 0.15) is 0 Å². The molecule has 0 aliphatic carbocycles. The molecule has 18 heavy (non-hydrogen) atoms. The van der Waals surface area contributed by atoms with Crippen LogP contribution in [-0.2, 0) is 19.1 Å². The van der Waals surface area contributed by atoms with Crippen molar-refractivity contribution in [2.24, 2.45) is 0 Å². The lowest BCUT2D eigenvalue weighted by atomic mass is 9.98. The smallest absolute Gasteiger partial charge is 0.317 e. The minimum atomic E-state index is -0.499. The molecule has 1 unspecified atom stereocenters. The summed E-state index contributed by atoms with van der Waals surface area (Å²) >= 11 is 0. The average molecular weight is 248 g/mol. The molecule has 0 aromatic heterocycles. The fraction of sp³-hybridized carbons (Fsp3) is 0.286. The van der Waals surface area contributed by atoms with Crippen LogP contribution in [0, 0.1) is 0 Å². The van der Waals surface area contributed by atoms with Crippen molar-refractivity contribution >= 4 is 11.9 Å². The van der Waals surface area contributed by atoms with Gasteiger partial charge in [-0.25, -0.2) is 0 Å². The summed E-state index contributed by atoms with van der Waals surface area (Å²) in [5, 5.41) is 0. The molecule has 1 rings (SSSR count).